The van der Waals surface area contributed by atoms with E-state index in [9.17, 15) is 22.4 Å². The SMILES string of the molecule is O=C(N1CC2CC(Oc3ccc(C(F)(F)F)cc3F)CC2C1)N1CC2(CC(n3cnc(C4CC4)n3)C2)C1. The van der Waals surface area contributed by atoms with Crippen LogP contribution in [0.4, 0.5) is 22.4 Å². The number of amides is 2. The Morgan fingerprint density at radius 1 is 1.05 bits per heavy atom. The van der Waals surface area contributed by atoms with E-state index >= 15 is 0 Å². The normalized spacial score (nSPS) is 28.8. The van der Waals surface area contributed by atoms with Gasteiger partial charge in [-0.15, -0.1) is 0 Å². The van der Waals surface area contributed by atoms with Crippen molar-refractivity contribution in [3.8, 4) is 5.75 Å². The van der Waals surface area contributed by atoms with E-state index in [0.717, 1.165) is 43.9 Å². The van der Waals surface area contributed by atoms with Crippen LogP contribution < -0.4 is 4.74 Å². The number of urea groups is 1. The maximum absolute atomic E-state index is 14.2. The highest BCUT2D eigenvalue weighted by atomic mass is 19.4. The Balaban J connectivity index is 0.878. The maximum Gasteiger partial charge on any atom is 0.416 e. The molecule has 2 amide bonds. The molecule has 2 unspecified atom stereocenters. The summed E-state index contributed by atoms with van der Waals surface area (Å²) >= 11 is 0. The van der Waals surface area contributed by atoms with Crippen LogP contribution in [0, 0.1) is 23.1 Å². The summed E-state index contributed by atoms with van der Waals surface area (Å²) in [6.07, 6.45) is 2.81. The van der Waals surface area contributed by atoms with Gasteiger partial charge in [0.1, 0.15) is 6.33 Å². The van der Waals surface area contributed by atoms with Gasteiger partial charge in [-0.25, -0.2) is 18.9 Å². The molecule has 1 aromatic carbocycles. The van der Waals surface area contributed by atoms with Crippen molar-refractivity contribution < 1.29 is 27.1 Å². The van der Waals surface area contributed by atoms with Gasteiger partial charge in [-0.05, 0) is 68.6 Å². The topological polar surface area (TPSA) is 63.5 Å². The summed E-state index contributed by atoms with van der Waals surface area (Å²) in [6, 6.07) is 2.85. The molecule has 0 bridgehead atoms. The summed E-state index contributed by atoms with van der Waals surface area (Å²) in [5.74, 6) is 0.916. The third-order valence-electron chi connectivity index (χ3n) is 9.03. The van der Waals surface area contributed by atoms with E-state index in [0.29, 0.717) is 44.0 Å². The minimum Gasteiger partial charge on any atom is -0.487 e. The second-order valence-electron chi connectivity index (χ2n) is 11.8. The Morgan fingerprint density at radius 3 is 2.38 bits per heavy atom. The molecule has 2 atom stereocenters. The number of hydrogen-bond donors (Lipinski definition) is 0. The van der Waals surface area contributed by atoms with Crippen molar-refractivity contribution in [1.82, 2.24) is 24.6 Å². The third kappa shape index (κ3) is 4.14. The standard InChI is InChI=1S/C26H29F4N5O2/c27-21-7-18(26(28,29)30)3-4-22(21)37-20-5-16-10-33(11-17(16)6-20)24(36)34-12-25(13-34)8-19(9-25)35-14-31-23(32-35)15-1-2-15/h3-4,7,14-17,19-20H,1-2,5-6,8-13H2. The lowest BCUT2D eigenvalue weighted by Crippen LogP contribution is -2.65. The highest BCUT2D eigenvalue weighted by molar-refractivity contribution is 5.76. The van der Waals surface area contributed by atoms with Gasteiger partial charge in [-0.2, -0.15) is 18.3 Å². The quantitative estimate of drug-likeness (QED) is 0.542. The van der Waals surface area contributed by atoms with E-state index in [-0.39, 0.29) is 35.1 Å². The van der Waals surface area contributed by atoms with Gasteiger partial charge in [0.2, 0.25) is 0 Å². The predicted molar refractivity (Wildman–Crippen MR) is 123 cm³/mol. The highest BCUT2D eigenvalue weighted by Crippen LogP contribution is 2.54. The molecule has 3 aliphatic carbocycles. The molecule has 2 saturated heterocycles. The van der Waals surface area contributed by atoms with Gasteiger partial charge in [0.25, 0.3) is 0 Å². The van der Waals surface area contributed by atoms with Crippen LogP contribution in [0.5, 0.6) is 5.75 Å². The minimum absolute atomic E-state index is 0.0894. The Labute approximate surface area is 211 Å². The van der Waals surface area contributed by atoms with Gasteiger partial charge in [-0.3, -0.25) is 0 Å². The molecule has 3 heterocycles. The fourth-order valence-corrected chi connectivity index (χ4v) is 6.93. The molecule has 7 nitrogen and oxygen atoms in total. The zero-order chi connectivity index (χ0) is 25.5. The molecule has 5 fully saturated rings. The van der Waals surface area contributed by atoms with Crippen molar-refractivity contribution >= 4 is 6.03 Å². The summed E-state index contributed by atoms with van der Waals surface area (Å²) in [7, 11) is 0. The number of nitrogens with zero attached hydrogens (tertiary/aromatic N) is 5. The van der Waals surface area contributed by atoms with E-state index in [1.165, 1.54) is 12.8 Å². The molecular weight excluding hydrogens is 490 g/mol. The number of aromatic nitrogens is 3. The summed E-state index contributed by atoms with van der Waals surface area (Å²) < 4.78 is 60.3. The average molecular weight is 520 g/mol. The predicted octanol–water partition coefficient (Wildman–Crippen LogP) is 4.86. The van der Waals surface area contributed by atoms with Crippen LogP contribution in [0.1, 0.15) is 61.9 Å². The number of halogens is 4. The molecule has 198 valence electrons. The minimum atomic E-state index is -4.59. The molecule has 0 radical (unpaired) electrons. The molecule has 3 saturated carbocycles. The molecule has 1 spiro atoms. The summed E-state index contributed by atoms with van der Waals surface area (Å²) in [5, 5.41) is 4.66. The van der Waals surface area contributed by atoms with Crippen LogP contribution in [-0.2, 0) is 6.18 Å². The number of ether oxygens (including phenoxy) is 1. The number of alkyl halides is 3. The zero-order valence-electron chi connectivity index (χ0n) is 20.3. The van der Waals surface area contributed by atoms with Gasteiger partial charge >= 0.3 is 12.2 Å². The first-order valence-electron chi connectivity index (χ1n) is 13.1. The molecule has 0 N–H and O–H groups in total. The fraction of sp³-hybridized carbons (Fsp3) is 0.654. The first-order chi connectivity index (χ1) is 17.7. The molecule has 37 heavy (non-hydrogen) atoms. The van der Waals surface area contributed by atoms with Crippen molar-refractivity contribution in [1.29, 1.82) is 0 Å². The van der Waals surface area contributed by atoms with Gasteiger partial charge in [0, 0.05) is 37.5 Å². The lowest BCUT2D eigenvalue weighted by Gasteiger charge is -2.59. The number of likely N-dealkylation sites (tertiary alicyclic amines) is 2. The van der Waals surface area contributed by atoms with E-state index in [1.54, 1.807) is 0 Å². The second-order valence-corrected chi connectivity index (χ2v) is 11.8. The van der Waals surface area contributed by atoms with Crippen LogP contribution >= 0.6 is 0 Å². The Kier molecular flexibility index (Phi) is 5.08. The molecule has 7 rings (SSSR count). The molecule has 2 aromatic rings. The maximum atomic E-state index is 14.2. The summed E-state index contributed by atoms with van der Waals surface area (Å²) in [5.41, 5.74) is -0.812. The van der Waals surface area contributed by atoms with E-state index in [1.807, 2.05) is 20.8 Å². The van der Waals surface area contributed by atoms with Crippen molar-refractivity contribution in [2.75, 3.05) is 26.2 Å². The molecule has 1 aromatic heterocycles. The van der Waals surface area contributed by atoms with Gasteiger partial charge in [0.05, 0.1) is 17.7 Å². The van der Waals surface area contributed by atoms with E-state index in [4.69, 9.17) is 4.74 Å². The average Bonchev–Trinajstić information content (AvgIpc) is 3.20. The zero-order valence-corrected chi connectivity index (χ0v) is 20.3. The van der Waals surface area contributed by atoms with Gasteiger partial charge < -0.3 is 14.5 Å². The molecular formula is C26H29F4N5O2. The number of fused-ring (bicyclic) bond motifs is 1. The van der Waals surface area contributed by atoms with Crippen LogP contribution in [0.25, 0.3) is 0 Å². The van der Waals surface area contributed by atoms with E-state index < -0.39 is 17.6 Å². The molecule has 11 heteroatoms. The second kappa shape index (κ2) is 8.07. The molecule has 5 aliphatic rings. The first kappa shape index (κ1) is 23.3. The Bertz CT molecular complexity index is 1200. The fourth-order valence-electron chi connectivity index (χ4n) is 6.93. The smallest absolute Gasteiger partial charge is 0.416 e. The lowest BCUT2D eigenvalue weighted by molar-refractivity contribution is -0.137. The van der Waals surface area contributed by atoms with Crippen molar-refractivity contribution in [2.24, 2.45) is 17.3 Å². The number of carbonyl (C=O) groups is 1. The van der Waals surface area contributed by atoms with E-state index in [2.05, 4.69) is 10.1 Å². The number of carbonyl (C=O) groups excluding carboxylic acids is 1. The number of benzene rings is 1. The number of hydrogen-bond acceptors (Lipinski definition) is 4. The number of rotatable bonds is 4. The monoisotopic (exact) mass is 519 g/mol. The van der Waals surface area contributed by atoms with Crippen molar-refractivity contribution in [2.45, 2.75) is 62.8 Å². The van der Waals surface area contributed by atoms with Gasteiger partial charge in [0.15, 0.2) is 17.4 Å². The Morgan fingerprint density at radius 2 is 1.76 bits per heavy atom. The van der Waals surface area contributed by atoms with Crippen LogP contribution in [0.15, 0.2) is 24.5 Å². The Hall–Kier alpha value is -2.85. The highest BCUT2D eigenvalue weighted by Gasteiger charge is 2.56. The largest absolute Gasteiger partial charge is 0.487 e. The van der Waals surface area contributed by atoms with Crippen LogP contribution in [0.3, 0.4) is 0 Å². The van der Waals surface area contributed by atoms with Crippen molar-refractivity contribution in [3.05, 3.63) is 41.7 Å². The van der Waals surface area contributed by atoms with Gasteiger partial charge in [-0.1, -0.05) is 0 Å². The van der Waals surface area contributed by atoms with Crippen molar-refractivity contribution in [3.63, 3.8) is 0 Å². The van der Waals surface area contributed by atoms with Crippen LogP contribution in [0.2, 0.25) is 0 Å². The summed E-state index contributed by atoms with van der Waals surface area (Å²) in [6.45, 7) is 2.87. The molecule has 2 aliphatic heterocycles. The van der Waals surface area contributed by atoms with Crippen LogP contribution in [-0.4, -0.2) is 62.9 Å². The summed E-state index contributed by atoms with van der Waals surface area (Å²) in [4.78, 5) is 21.4. The lowest BCUT2D eigenvalue weighted by atomic mass is 9.61. The third-order valence-corrected chi connectivity index (χ3v) is 9.03. The first-order valence-corrected chi connectivity index (χ1v) is 13.1.